The summed E-state index contributed by atoms with van der Waals surface area (Å²) in [5.74, 6) is 0.510. The minimum absolute atomic E-state index is 0.209. The van der Waals surface area contributed by atoms with Crippen LogP contribution in [0.4, 0.5) is 5.69 Å². The van der Waals surface area contributed by atoms with Gasteiger partial charge in [-0.05, 0) is 34.3 Å². The maximum Gasteiger partial charge on any atom is 0.271 e. The summed E-state index contributed by atoms with van der Waals surface area (Å²) >= 11 is 3.36. The van der Waals surface area contributed by atoms with Gasteiger partial charge in [-0.2, -0.15) is 0 Å². The molecular formula is C9H13BrN2O. The molecule has 4 heteroatoms. The average molecular weight is 245 g/mol. The summed E-state index contributed by atoms with van der Waals surface area (Å²) in [6.45, 7) is 4.20. The van der Waals surface area contributed by atoms with Crippen LogP contribution in [0, 0.1) is 5.92 Å². The van der Waals surface area contributed by atoms with Gasteiger partial charge in [0.2, 0.25) is 0 Å². The van der Waals surface area contributed by atoms with E-state index in [9.17, 15) is 4.79 Å². The van der Waals surface area contributed by atoms with Gasteiger partial charge in [-0.1, -0.05) is 13.8 Å². The fourth-order valence-corrected chi connectivity index (χ4v) is 1.62. The van der Waals surface area contributed by atoms with E-state index in [2.05, 4.69) is 34.8 Å². The zero-order valence-corrected chi connectivity index (χ0v) is 9.31. The van der Waals surface area contributed by atoms with E-state index in [1.54, 1.807) is 6.07 Å². The topological polar surface area (TPSA) is 58.9 Å². The first kappa shape index (κ1) is 10.3. The number of anilines is 1. The standard InChI is InChI=1S/C9H13BrN2O/c1-5(2)3-8-6(10)4-7(11)9(13)12-8/h4-5H,3,11H2,1-2H3,(H,12,13). The van der Waals surface area contributed by atoms with E-state index in [4.69, 9.17) is 5.73 Å². The van der Waals surface area contributed by atoms with Crippen molar-refractivity contribution in [2.45, 2.75) is 20.3 Å². The highest BCUT2D eigenvalue weighted by atomic mass is 79.9. The van der Waals surface area contributed by atoms with E-state index >= 15 is 0 Å². The van der Waals surface area contributed by atoms with Crippen molar-refractivity contribution in [1.29, 1.82) is 0 Å². The van der Waals surface area contributed by atoms with Crippen LogP contribution in [0.25, 0.3) is 0 Å². The molecule has 0 fully saturated rings. The Morgan fingerprint density at radius 3 is 2.77 bits per heavy atom. The van der Waals surface area contributed by atoms with Crippen molar-refractivity contribution < 1.29 is 0 Å². The number of H-pyrrole nitrogens is 1. The molecule has 1 aromatic rings. The number of halogens is 1. The first-order valence-corrected chi connectivity index (χ1v) is 4.97. The smallest absolute Gasteiger partial charge is 0.271 e. The van der Waals surface area contributed by atoms with Crippen LogP contribution < -0.4 is 11.3 Å². The molecular weight excluding hydrogens is 232 g/mol. The molecule has 1 aromatic heterocycles. The largest absolute Gasteiger partial charge is 0.394 e. The summed E-state index contributed by atoms with van der Waals surface area (Å²) in [6.07, 6.45) is 0.843. The molecule has 0 spiro atoms. The second-order valence-corrected chi connectivity index (χ2v) is 4.33. The predicted molar refractivity (Wildman–Crippen MR) is 57.7 cm³/mol. The highest BCUT2D eigenvalue weighted by Gasteiger charge is 2.05. The number of nitrogen functional groups attached to an aromatic ring is 1. The van der Waals surface area contributed by atoms with E-state index in [1.165, 1.54) is 0 Å². The third-order valence-electron chi connectivity index (χ3n) is 1.71. The highest BCUT2D eigenvalue weighted by Crippen LogP contribution is 2.17. The molecule has 0 saturated carbocycles. The van der Waals surface area contributed by atoms with Gasteiger partial charge in [0, 0.05) is 10.2 Å². The Balaban J connectivity index is 3.09. The number of aromatic nitrogens is 1. The van der Waals surface area contributed by atoms with Crippen LogP contribution in [0.1, 0.15) is 19.5 Å². The molecule has 0 atom stereocenters. The Morgan fingerprint density at radius 1 is 1.62 bits per heavy atom. The van der Waals surface area contributed by atoms with E-state index in [1.807, 2.05) is 0 Å². The van der Waals surface area contributed by atoms with Crippen LogP contribution in [0.15, 0.2) is 15.3 Å². The second kappa shape index (κ2) is 3.96. The molecule has 0 bridgehead atoms. The normalized spacial score (nSPS) is 10.8. The lowest BCUT2D eigenvalue weighted by Crippen LogP contribution is -2.15. The van der Waals surface area contributed by atoms with Gasteiger partial charge in [0.25, 0.3) is 5.56 Å². The van der Waals surface area contributed by atoms with Gasteiger partial charge < -0.3 is 10.7 Å². The first-order chi connectivity index (χ1) is 6.00. The molecule has 0 amide bonds. The monoisotopic (exact) mass is 244 g/mol. The minimum Gasteiger partial charge on any atom is -0.394 e. The lowest BCUT2D eigenvalue weighted by molar-refractivity contribution is 0.632. The van der Waals surface area contributed by atoms with Crippen molar-refractivity contribution in [3.8, 4) is 0 Å². The lowest BCUT2D eigenvalue weighted by atomic mass is 10.1. The average Bonchev–Trinajstić information content (AvgIpc) is 1.99. The molecule has 0 saturated heterocycles. The quantitative estimate of drug-likeness (QED) is 0.836. The maximum absolute atomic E-state index is 11.2. The zero-order chi connectivity index (χ0) is 10.0. The summed E-state index contributed by atoms with van der Waals surface area (Å²) in [7, 11) is 0. The summed E-state index contributed by atoms with van der Waals surface area (Å²) in [6, 6.07) is 1.65. The van der Waals surface area contributed by atoms with Gasteiger partial charge in [-0.15, -0.1) is 0 Å². The van der Waals surface area contributed by atoms with Crippen molar-refractivity contribution in [3.05, 3.63) is 26.6 Å². The van der Waals surface area contributed by atoms with Gasteiger partial charge in [-0.3, -0.25) is 4.79 Å². The van der Waals surface area contributed by atoms with Gasteiger partial charge in [0.1, 0.15) is 0 Å². The Hall–Kier alpha value is -0.770. The van der Waals surface area contributed by atoms with Crippen molar-refractivity contribution >= 4 is 21.6 Å². The number of aromatic amines is 1. The van der Waals surface area contributed by atoms with Gasteiger partial charge in [0.15, 0.2) is 0 Å². The molecule has 13 heavy (non-hydrogen) atoms. The van der Waals surface area contributed by atoms with Gasteiger partial charge >= 0.3 is 0 Å². The van der Waals surface area contributed by atoms with E-state index in [-0.39, 0.29) is 11.2 Å². The third-order valence-corrected chi connectivity index (χ3v) is 2.42. The molecule has 72 valence electrons. The van der Waals surface area contributed by atoms with Crippen LogP contribution in [-0.4, -0.2) is 4.98 Å². The van der Waals surface area contributed by atoms with Crippen molar-refractivity contribution in [2.75, 3.05) is 5.73 Å². The fourth-order valence-electron chi connectivity index (χ4n) is 1.11. The van der Waals surface area contributed by atoms with E-state index < -0.39 is 0 Å². The van der Waals surface area contributed by atoms with Gasteiger partial charge in [-0.25, -0.2) is 0 Å². The number of nitrogens with two attached hydrogens (primary N) is 1. The van der Waals surface area contributed by atoms with Crippen LogP contribution >= 0.6 is 15.9 Å². The van der Waals surface area contributed by atoms with Crippen molar-refractivity contribution in [3.63, 3.8) is 0 Å². The first-order valence-electron chi connectivity index (χ1n) is 4.18. The molecule has 1 heterocycles. The Bertz CT molecular complexity index is 357. The molecule has 3 N–H and O–H groups in total. The Morgan fingerprint density at radius 2 is 2.23 bits per heavy atom. The molecule has 0 aliphatic heterocycles. The lowest BCUT2D eigenvalue weighted by Gasteiger charge is -2.07. The molecule has 0 radical (unpaired) electrons. The van der Waals surface area contributed by atoms with Crippen LogP contribution in [0.5, 0.6) is 0 Å². The molecule has 0 aliphatic rings. The third kappa shape index (κ3) is 2.59. The molecule has 0 aliphatic carbocycles. The molecule has 0 unspecified atom stereocenters. The Labute approximate surface area is 85.5 Å². The summed E-state index contributed by atoms with van der Waals surface area (Å²) in [4.78, 5) is 13.9. The van der Waals surface area contributed by atoms with Crippen LogP contribution in [-0.2, 0) is 6.42 Å². The van der Waals surface area contributed by atoms with Crippen molar-refractivity contribution in [1.82, 2.24) is 4.98 Å². The maximum atomic E-state index is 11.2. The summed E-state index contributed by atoms with van der Waals surface area (Å²) in [5.41, 5.74) is 6.40. The van der Waals surface area contributed by atoms with Gasteiger partial charge in [0.05, 0.1) is 5.69 Å². The Kier molecular flexibility index (Phi) is 3.14. The molecule has 1 rings (SSSR count). The predicted octanol–water partition coefficient (Wildman–Crippen LogP) is 1.92. The highest BCUT2D eigenvalue weighted by molar-refractivity contribution is 9.10. The minimum atomic E-state index is -0.209. The summed E-state index contributed by atoms with van der Waals surface area (Å²) < 4.78 is 0.873. The van der Waals surface area contributed by atoms with Crippen molar-refractivity contribution in [2.24, 2.45) is 5.92 Å². The molecule has 3 nitrogen and oxygen atoms in total. The number of rotatable bonds is 2. The number of hydrogen-bond acceptors (Lipinski definition) is 2. The second-order valence-electron chi connectivity index (χ2n) is 3.48. The van der Waals surface area contributed by atoms with E-state index in [0.29, 0.717) is 5.92 Å². The fraction of sp³-hybridized carbons (Fsp3) is 0.444. The summed E-state index contributed by atoms with van der Waals surface area (Å²) in [5, 5.41) is 0. The SMILES string of the molecule is CC(C)Cc1[nH]c(=O)c(N)cc1Br. The van der Waals surface area contributed by atoms with Crippen LogP contribution in [0.3, 0.4) is 0 Å². The zero-order valence-electron chi connectivity index (χ0n) is 7.73. The number of pyridine rings is 1. The van der Waals surface area contributed by atoms with E-state index in [0.717, 1.165) is 16.6 Å². The number of hydrogen-bond donors (Lipinski definition) is 2. The van der Waals surface area contributed by atoms with Crippen LogP contribution in [0.2, 0.25) is 0 Å². The molecule has 0 aromatic carbocycles. The number of nitrogens with one attached hydrogen (secondary N) is 1.